The summed E-state index contributed by atoms with van der Waals surface area (Å²) in [5, 5.41) is 12.4. The van der Waals surface area contributed by atoms with Crippen molar-refractivity contribution in [3.63, 3.8) is 0 Å². The predicted octanol–water partition coefficient (Wildman–Crippen LogP) is 5.47. The van der Waals surface area contributed by atoms with Gasteiger partial charge in [0.2, 0.25) is 11.8 Å². The average Bonchev–Trinajstić information content (AvgIpc) is 2.90. The van der Waals surface area contributed by atoms with Crippen molar-refractivity contribution in [1.82, 2.24) is 15.0 Å². The number of anilines is 3. The Morgan fingerprint density at radius 1 is 1.25 bits per heavy atom. The molecule has 0 aliphatic carbocycles. The largest absolute Gasteiger partial charge is 0.477 e. The van der Waals surface area contributed by atoms with Gasteiger partial charge in [0.25, 0.3) is 0 Å². The molecule has 2 N–H and O–H groups in total. The molecule has 4 rings (SSSR count). The van der Waals surface area contributed by atoms with Crippen molar-refractivity contribution >= 4 is 45.8 Å². The summed E-state index contributed by atoms with van der Waals surface area (Å²) < 4.78 is 69.6. The Labute approximate surface area is 231 Å². The van der Waals surface area contributed by atoms with Crippen molar-refractivity contribution in [2.24, 2.45) is 0 Å². The van der Waals surface area contributed by atoms with Gasteiger partial charge in [-0.15, -0.1) is 0 Å². The monoisotopic (exact) mass is 595 g/mol. The minimum Gasteiger partial charge on any atom is -0.477 e. The SMILES string of the molecule is CS(=O)CCOc1ncc(-c2cnc(Nc3ccc(F)c(Cl)c3)nc2N2C=C=C(C(F)(F)F)C=C2)cc1C(=O)O. The average molecular weight is 596 g/mol. The maximum atomic E-state index is 13.6. The number of ether oxygens (including phenoxy) is 1. The molecule has 1 aliphatic rings. The molecular formula is C25H18ClF4N5O4S. The van der Waals surface area contributed by atoms with E-state index in [9.17, 15) is 31.7 Å². The Balaban J connectivity index is 1.77. The highest BCUT2D eigenvalue weighted by Crippen LogP contribution is 2.35. The minimum absolute atomic E-state index is 0.0206. The number of carbonyl (C=O) groups is 1. The van der Waals surface area contributed by atoms with Gasteiger partial charge >= 0.3 is 12.1 Å². The lowest BCUT2D eigenvalue weighted by atomic mass is 10.1. The first-order chi connectivity index (χ1) is 18.9. The van der Waals surface area contributed by atoms with Crippen LogP contribution in [-0.2, 0) is 10.8 Å². The fourth-order valence-corrected chi connectivity index (χ4v) is 3.85. The van der Waals surface area contributed by atoms with E-state index in [4.69, 9.17) is 16.3 Å². The molecule has 1 aromatic carbocycles. The number of nitrogens with zero attached hydrogens (tertiary/aromatic N) is 4. The van der Waals surface area contributed by atoms with Gasteiger partial charge in [-0.1, -0.05) is 17.3 Å². The molecule has 0 radical (unpaired) electrons. The second-order valence-electron chi connectivity index (χ2n) is 8.10. The Hall–Kier alpha value is -4.26. The summed E-state index contributed by atoms with van der Waals surface area (Å²) in [4.78, 5) is 25.8. The van der Waals surface area contributed by atoms with E-state index < -0.39 is 34.3 Å². The summed E-state index contributed by atoms with van der Waals surface area (Å²) in [6.45, 7) is -0.0326. The molecule has 0 fully saturated rings. The maximum Gasteiger partial charge on any atom is 0.423 e. The van der Waals surface area contributed by atoms with Crippen LogP contribution in [0.2, 0.25) is 5.02 Å². The van der Waals surface area contributed by atoms with Crippen molar-refractivity contribution < 1.29 is 36.4 Å². The lowest BCUT2D eigenvalue weighted by Gasteiger charge is -2.21. The molecule has 0 saturated heterocycles. The highest BCUT2D eigenvalue weighted by molar-refractivity contribution is 7.84. The van der Waals surface area contributed by atoms with Crippen LogP contribution in [-0.4, -0.2) is 55.0 Å². The van der Waals surface area contributed by atoms with E-state index in [1.165, 1.54) is 41.7 Å². The summed E-state index contributed by atoms with van der Waals surface area (Å²) in [5.41, 5.74) is 1.58. The number of aromatic nitrogens is 3. The molecule has 1 unspecified atom stereocenters. The first-order valence-electron chi connectivity index (χ1n) is 11.2. The van der Waals surface area contributed by atoms with Gasteiger partial charge in [0.15, 0.2) is 5.82 Å². The van der Waals surface area contributed by atoms with Crippen molar-refractivity contribution in [2.75, 3.05) is 28.8 Å². The lowest BCUT2D eigenvalue weighted by Crippen LogP contribution is -2.17. The molecular weight excluding hydrogens is 578 g/mol. The molecule has 3 aromatic rings. The van der Waals surface area contributed by atoms with Gasteiger partial charge in [0.1, 0.15) is 23.6 Å². The number of rotatable bonds is 9. The number of carboxylic acids is 1. The van der Waals surface area contributed by atoms with Gasteiger partial charge < -0.3 is 20.1 Å². The van der Waals surface area contributed by atoms with Crippen molar-refractivity contribution in [1.29, 1.82) is 0 Å². The van der Waals surface area contributed by atoms with E-state index in [1.54, 1.807) is 0 Å². The third kappa shape index (κ3) is 6.84. The van der Waals surface area contributed by atoms with Crippen LogP contribution in [0.4, 0.5) is 35.0 Å². The van der Waals surface area contributed by atoms with E-state index in [1.807, 2.05) is 0 Å². The van der Waals surface area contributed by atoms with Crippen LogP contribution in [0.3, 0.4) is 0 Å². The number of allylic oxidation sites excluding steroid dienone is 2. The molecule has 40 heavy (non-hydrogen) atoms. The quantitative estimate of drug-likeness (QED) is 0.245. The zero-order valence-corrected chi connectivity index (χ0v) is 21.9. The second-order valence-corrected chi connectivity index (χ2v) is 10.1. The summed E-state index contributed by atoms with van der Waals surface area (Å²) in [6, 6.07) is 5.05. The maximum absolute atomic E-state index is 13.6. The number of pyridine rings is 1. The normalized spacial score (nSPS) is 13.7. The van der Waals surface area contributed by atoms with Crippen molar-refractivity contribution in [2.45, 2.75) is 6.18 Å². The summed E-state index contributed by atoms with van der Waals surface area (Å²) >= 11 is 5.83. The summed E-state index contributed by atoms with van der Waals surface area (Å²) in [7, 11) is -1.17. The van der Waals surface area contributed by atoms with Crippen molar-refractivity contribution in [3.8, 4) is 17.0 Å². The predicted molar refractivity (Wildman–Crippen MR) is 141 cm³/mol. The van der Waals surface area contributed by atoms with E-state index in [0.29, 0.717) is 5.69 Å². The Morgan fingerprint density at radius 3 is 2.65 bits per heavy atom. The van der Waals surface area contributed by atoms with Crippen LogP contribution in [0.1, 0.15) is 10.4 Å². The zero-order valence-electron chi connectivity index (χ0n) is 20.4. The van der Waals surface area contributed by atoms with E-state index in [0.717, 1.165) is 24.5 Å². The van der Waals surface area contributed by atoms with Gasteiger partial charge in [-0.25, -0.2) is 19.2 Å². The van der Waals surface area contributed by atoms with E-state index in [-0.39, 0.29) is 51.7 Å². The number of hydrogen-bond acceptors (Lipinski definition) is 8. The van der Waals surface area contributed by atoms with Crippen LogP contribution in [0.15, 0.2) is 66.4 Å². The molecule has 0 saturated carbocycles. The number of benzene rings is 1. The van der Waals surface area contributed by atoms with Crippen LogP contribution < -0.4 is 15.0 Å². The standard InChI is InChI=1S/C25H18ClF4N5O4S/c1-40(38)9-8-39-22-17(23(36)37)10-14(12-31-22)18-13-32-24(33-16-2-3-20(27)19(26)11-16)34-21(18)35-6-4-15(5-7-35)25(28,29)30/h2-4,6-7,10-13H,8-9H2,1H3,(H,36,37)(H,32,33,34). The summed E-state index contributed by atoms with van der Waals surface area (Å²) in [6.07, 6.45) is 2.37. The van der Waals surface area contributed by atoms with Gasteiger partial charge in [0.05, 0.1) is 17.0 Å². The van der Waals surface area contributed by atoms with Gasteiger partial charge in [-0.2, -0.15) is 18.2 Å². The van der Waals surface area contributed by atoms with Gasteiger partial charge in [-0.3, -0.25) is 4.21 Å². The van der Waals surface area contributed by atoms with Crippen LogP contribution in [0, 0.1) is 5.82 Å². The molecule has 2 aromatic heterocycles. The zero-order chi connectivity index (χ0) is 29.0. The van der Waals surface area contributed by atoms with Gasteiger partial charge in [-0.05, 0) is 30.3 Å². The highest BCUT2D eigenvalue weighted by Gasteiger charge is 2.33. The van der Waals surface area contributed by atoms with Crippen LogP contribution in [0.25, 0.3) is 11.1 Å². The molecule has 0 bridgehead atoms. The number of alkyl halides is 3. The Bertz CT molecular complexity index is 1590. The fourth-order valence-electron chi connectivity index (χ4n) is 3.35. The first kappa shape index (κ1) is 28.7. The number of halogens is 5. The van der Waals surface area contributed by atoms with E-state index in [2.05, 4.69) is 26.0 Å². The molecule has 1 atom stereocenters. The Morgan fingerprint density at radius 2 is 2.02 bits per heavy atom. The number of nitrogens with one attached hydrogen (secondary N) is 1. The molecule has 0 spiro atoms. The third-order valence-corrected chi connectivity index (χ3v) is 6.29. The Kier molecular flexibility index (Phi) is 8.52. The number of aromatic carboxylic acids is 1. The molecule has 3 heterocycles. The molecule has 208 valence electrons. The third-order valence-electron chi connectivity index (χ3n) is 5.26. The smallest absolute Gasteiger partial charge is 0.423 e. The number of hydrogen-bond donors (Lipinski definition) is 2. The molecule has 1 aliphatic heterocycles. The van der Waals surface area contributed by atoms with Crippen LogP contribution >= 0.6 is 11.6 Å². The second kappa shape index (κ2) is 11.9. The highest BCUT2D eigenvalue weighted by atomic mass is 35.5. The molecule has 9 nitrogen and oxygen atoms in total. The first-order valence-corrected chi connectivity index (χ1v) is 13.3. The van der Waals surface area contributed by atoms with Gasteiger partial charge in [0, 0.05) is 52.5 Å². The van der Waals surface area contributed by atoms with Crippen molar-refractivity contribution in [3.05, 3.63) is 82.8 Å². The molecule has 15 heteroatoms. The molecule has 0 amide bonds. The minimum atomic E-state index is -4.62. The van der Waals surface area contributed by atoms with E-state index >= 15 is 0 Å². The summed E-state index contributed by atoms with van der Waals surface area (Å²) in [5.74, 6) is -2.01. The van der Waals surface area contributed by atoms with Crippen LogP contribution in [0.5, 0.6) is 5.88 Å². The lowest BCUT2D eigenvalue weighted by molar-refractivity contribution is -0.0880. The topological polar surface area (TPSA) is 118 Å². The fraction of sp³-hybridized carbons (Fsp3) is 0.160. The number of carboxylic acid groups (broad SMARTS) is 1.